The van der Waals surface area contributed by atoms with Gasteiger partial charge in [0.05, 0.1) is 12.6 Å². The Morgan fingerprint density at radius 3 is 2.78 bits per heavy atom. The highest BCUT2D eigenvalue weighted by Gasteiger charge is 2.26. The van der Waals surface area contributed by atoms with Gasteiger partial charge in [-0.1, -0.05) is 15.9 Å². The van der Waals surface area contributed by atoms with Crippen molar-refractivity contribution in [2.45, 2.75) is 18.9 Å². The molecule has 98 valence electrons. The van der Waals surface area contributed by atoms with Crippen LogP contribution in [0.1, 0.15) is 12.8 Å². The second kappa shape index (κ2) is 6.31. The fourth-order valence-electron chi connectivity index (χ4n) is 2.02. The van der Waals surface area contributed by atoms with Crippen LogP contribution in [-0.4, -0.2) is 31.7 Å². The molecule has 1 unspecified atom stereocenters. The standard InChI is InChI=1S/C13H17BrN2O2/c14-10-3-5-11(6-4-10)16-8-12(2-1-7-15)18-9-13(16)17/h3-6,12H,1-2,7-9,15H2. The van der Waals surface area contributed by atoms with E-state index in [1.807, 2.05) is 24.3 Å². The third-order valence-corrected chi connectivity index (χ3v) is 3.53. The number of anilines is 1. The van der Waals surface area contributed by atoms with Crippen LogP contribution in [0.4, 0.5) is 5.69 Å². The Bertz CT molecular complexity index is 408. The molecule has 1 aliphatic heterocycles. The van der Waals surface area contributed by atoms with Gasteiger partial charge in [0.15, 0.2) is 0 Å². The van der Waals surface area contributed by atoms with Gasteiger partial charge in [-0.25, -0.2) is 0 Å². The summed E-state index contributed by atoms with van der Waals surface area (Å²) < 4.78 is 6.52. The lowest BCUT2D eigenvalue weighted by molar-refractivity contribution is -0.129. The summed E-state index contributed by atoms with van der Waals surface area (Å²) in [5, 5.41) is 0. The van der Waals surface area contributed by atoms with Crippen LogP contribution < -0.4 is 10.6 Å². The number of hydrogen-bond acceptors (Lipinski definition) is 3. The highest BCUT2D eigenvalue weighted by atomic mass is 79.9. The van der Waals surface area contributed by atoms with E-state index in [1.54, 1.807) is 4.90 Å². The lowest BCUT2D eigenvalue weighted by Crippen LogP contribution is -2.46. The van der Waals surface area contributed by atoms with Gasteiger partial charge in [-0.2, -0.15) is 0 Å². The molecule has 1 aromatic carbocycles. The zero-order valence-electron chi connectivity index (χ0n) is 10.1. The van der Waals surface area contributed by atoms with E-state index in [9.17, 15) is 4.79 Å². The maximum Gasteiger partial charge on any atom is 0.253 e. The van der Waals surface area contributed by atoms with Crippen LogP contribution in [0.2, 0.25) is 0 Å². The van der Waals surface area contributed by atoms with Crippen LogP contribution in [0.5, 0.6) is 0 Å². The van der Waals surface area contributed by atoms with E-state index in [-0.39, 0.29) is 18.6 Å². The third kappa shape index (κ3) is 3.31. The van der Waals surface area contributed by atoms with Gasteiger partial charge in [-0.05, 0) is 43.7 Å². The van der Waals surface area contributed by atoms with Gasteiger partial charge in [-0.3, -0.25) is 4.79 Å². The van der Waals surface area contributed by atoms with E-state index >= 15 is 0 Å². The number of amides is 1. The summed E-state index contributed by atoms with van der Waals surface area (Å²) in [4.78, 5) is 13.7. The number of hydrogen-bond donors (Lipinski definition) is 1. The molecule has 1 atom stereocenters. The van der Waals surface area contributed by atoms with Gasteiger partial charge in [0, 0.05) is 10.2 Å². The Balaban J connectivity index is 2.05. The van der Waals surface area contributed by atoms with E-state index in [2.05, 4.69) is 15.9 Å². The normalized spacial score (nSPS) is 20.2. The number of halogens is 1. The summed E-state index contributed by atoms with van der Waals surface area (Å²) in [6, 6.07) is 7.75. The zero-order valence-corrected chi connectivity index (χ0v) is 11.7. The van der Waals surface area contributed by atoms with E-state index < -0.39 is 0 Å². The zero-order chi connectivity index (χ0) is 13.0. The first-order valence-electron chi connectivity index (χ1n) is 6.08. The summed E-state index contributed by atoms with van der Waals surface area (Å²) in [5.74, 6) is 0.0151. The molecule has 1 saturated heterocycles. The number of benzene rings is 1. The van der Waals surface area contributed by atoms with E-state index in [0.29, 0.717) is 13.1 Å². The topological polar surface area (TPSA) is 55.6 Å². The number of nitrogens with zero attached hydrogens (tertiary/aromatic N) is 1. The van der Waals surface area contributed by atoms with Crippen LogP contribution >= 0.6 is 15.9 Å². The van der Waals surface area contributed by atoms with Crippen LogP contribution in [-0.2, 0) is 9.53 Å². The first-order chi connectivity index (χ1) is 8.70. The van der Waals surface area contributed by atoms with Crippen LogP contribution in [0.25, 0.3) is 0 Å². The SMILES string of the molecule is NCCCC1CN(c2ccc(Br)cc2)C(=O)CO1. The molecule has 0 radical (unpaired) electrons. The minimum atomic E-state index is 0.0151. The predicted molar refractivity (Wildman–Crippen MR) is 74.5 cm³/mol. The summed E-state index contributed by atoms with van der Waals surface area (Å²) in [7, 11) is 0. The van der Waals surface area contributed by atoms with Crippen molar-refractivity contribution in [2.24, 2.45) is 5.73 Å². The minimum Gasteiger partial charge on any atom is -0.367 e. The van der Waals surface area contributed by atoms with Crippen molar-refractivity contribution < 1.29 is 9.53 Å². The van der Waals surface area contributed by atoms with Gasteiger partial charge >= 0.3 is 0 Å². The Kier molecular flexibility index (Phi) is 4.74. The molecule has 2 rings (SSSR count). The molecule has 1 amide bonds. The quantitative estimate of drug-likeness (QED) is 0.924. The molecule has 0 aliphatic carbocycles. The lowest BCUT2D eigenvalue weighted by Gasteiger charge is -2.32. The van der Waals surface area contributed by atoms with Crippen molar-refractivity contribution >= 4 is 27.5 Å². The van der Waals surface area contributed by atoms with Crippen LogP contribution in [0, 0.1) is 0 Å². The number of ether oxygens (including phenoxy) is 1. The fraction of sp³-hybridized carbons (Fsp3) is 0.462. The average molecular weight is 313 g/mol. The molecule has 0 bridgehead atoms. The molecule has 5 heteroatoms. The molecule has 1 aromatic rings. The number of rotatable bonds is 4. The van der Waals surface area contributed by atoms with Gasteiger partial charge in [0.2, 0.25) is 0 Å². The van der Waals surface area contributed by atoms with Gasteiger partial charge in [0.1, 0.15) is 6.61 Å². The summed E-state index contributed by atoms with van der Waals surface area (Å²) in [6.45, 7) is 1.43. The molecule has 1 heterocycles. The predicted octanol–water partition coefficient (Wildman–Crippen LogP) is 1.92. The molecular formula is C13H17BrN2O2. The molecule has 0 aromatic heterocycles. The summed E-state index contributed by atoms with van der Waals surface area (Å²) in [5.41, 5.74) is 6.41. The summed E-state index contributed by atoms with van der Waals surface area (Å²) in [6.07, 6.45) is 1.92. The molecule has 1 aliphatic rings. The van der Waals surface area contributed by atoms with Gasteiger partial charge in [0.25, 0.3) is 5.91 Å². The van der Waals surface area contributed by atoms with Crippen molar-refractivity contribution in [3.63, 3.8) is 0 Å². The third-order valence-electron chi connectivity index (χ3n) is 3.00. The molecule has 18 heavy (non-hydrogen) atoms. The maximum atomic E-state index is 11.9. The Morgan fingerprint density at radius 2 is 2.11 bits per heavy atom. The Labute approximate surface area is 115 Å². The number of carbonyl (C=O) groups is 1. The van der Waals surface area contributed by atoms with Gasteiger partial charge < -0.3 is 15.4 Å². The fourth-order valence-corrected chi connectivity index (χ4v) is 2.28. The Hall–Kier alpha value is -0.910. The second-order valence-electron chi connectivity index (χ2n) is 4.34. The largest absolute Gasteiger partial charge is 0.367 e. The highest BCUT2D eigenvalue weighted by Crippen LogP contribution is 2.22. The molecule has 2 N–H and O–H groups in total. The molecule has 1 fully saturated rings. The number of morpholine rings is 1. The summed E-state index contributed by atoms with van der Waals surface area (Å²) >= 11 is 3.39. The monoisotopic (exact) mass is 312 g/mol. The molecular weight excluding hydrogens is 296 g/mol. The molecule has 4 nitrogen and oxygen atoms in total. The smallest absolute Gasteiger partial charge is 0.253 e. The van der Waals surface area contributed by atoms with Crippen molar-refractivity contribution in [1.29, 1.82) is 0 Å². The van der Waals surface area contributed by atoms with Gasteiger partial charge in [-0.15, -0.1) is 0 Å². The van der Waals surface area contributed by atoms with Crippen LogP contribution in [0.3, 0.4) is 0 Å². The first-order valence-corrected chi connectivity index (χ1v) is 6.87. The highest BCUT2D eigenvalue weighted by molar-refractivity contribution is 9.10. The molecule has 0 spiro atoms. The number of nitrogens with two attached hydrogens (primary N) is 1. The van der Waals surface area contributed by atoms with Crippen molar-refractivity contribution in [3.8, 4) is 0 Å². The number of carbonyl (C=O) groups excluding carboxylic acids is 1. The van der Waals surface area contributed by atoms with E-state index in [4.69, 9.17) is 10.5 Å². The molecule has 0 saturated carbocycles. The average Bonchev–Trinajstić information content (AvgIpc) is 2.39. The van der Waals surface area contributed by atoms with E-state index in [0.717, 1.165) is 23.0 Å². The van der Waals surface area contributed by atoms with Crippen molar-refractivity contribution in [1.82, 2.24) is 0 Å². The minimum absolute atomic E-state index is 0.0151. The van der Waals surface area contributed by atoms with Crippen molar-refractivity contribution in [2.75, 3.05) is 24.6 Å². The lowest BCUT2D eigenvalue weighted by atomic mass is 10.1. The van der Waals surface area contributed by atoms with E-state index in [1.165, 1.54) is 0 Å². The second-order valence-corrected chi connectivity index (χ2v) is 5.26. The Morgan fingerprint density at radius 1 is 1.39 bits per heavy atom. The van der Waals surface area contributed by atoms with Crippen LogP contribution in [0.15, 0.2) is 28.7 Å². The first kappa shape index (κ1) is 13.5. The maximum absolute atomic E-state index is 11.9. The van der Waals surface area contributed by atoms with Crippen molar-refractivity contribution in [3.05, 3.63) is 28.7 Å².